The fraction of sp³-hybridized carbons (Fsp3) is 0.286. The van der Waals surface area contributed by atoms with Crippen LogP contribution in [0.2, 0.25) is 0 Å². The van der Waals surface area contributed by atoms with Crippen molar-refractivity contribution in [2.75, 3.05) is 13.2 Å². The molecule has 4 heteroatoms. The second kappa shape index (κ2) is 8.10. The van der Waals surface area contributed by atoms with E-state index in [0.29, 0.717) is 13.2 Å². The number of hydrogen-bond acceptors (Lipinski definition) is 1. The summed E-state index contributed by atoms with van der Waals surface area (Å²) in [5.74, 6) is -0.148. The van der Waals surface area contributed by atoms with Gasteiger partial charge in [0.2, 0.25) is 0 Å². The van der Waals surface area contributed by atoms with E-state index in [4.69, 9.17) is 4.74 Å². The summed E-state index contributed by atoms with van der Waals surface area (Å²) in [6.45, 7) is 2.96. The van der Waals surface area contributed by atoms with Gasteiger partial charge in [0.25, 0.3) is 0 Å². The van der Waals surface area contributed by atoms with Crippen LogP contribution in [0.5, 0.6) is 0 Å². The summed E-state index contributed by atoms with van der Waals surface area (Å²) in [6.07, 6.45) is 4.53. The highest BCUT2D eigenvalue weighted by Gasteiger charge is 2.20. The molecule has 0 spiro atoms. The Kier molecular flexibility index (Phi) is 4.95. The molecule has 3 aromatic carbocycles. The van der Waals surface area contributed by atoms with E-state index >= 15 is 0 Å². The standard InChI is InChI=1S/C28H27FN2O/c29-20-13-14-28-24(19-20)23-9-3-6-12-27(23)31(28)16-18-32-17-15-30-25-10-4-1-7-21(25)22-8-2-5-11-26(22)30/h1-2,4-5,7-8,10-11,13-14,19H,3,6,9,12,15-18H2. The molecule has 0 fully saturated rings. The Balaban J connectivity index is 1.19. The first kappa shape index (κ1) is 19.6. The number of hydrogen-bond donors (Lipinski definition) is 0. The number of benzene rings is 3. The number of para-hydroxylation sites is 2. The van der Waals surface area contributed by atoms with Crippen LogP contribution in [0.4, 0.5) is 4.39 Å². The lowest BCUT2D eigenvalue weighted by atomic mass is 9.95. The molecule has 2 aromatic heterocycles. The Morgan fingerprint density at radius 1 is 0.688 bits per heavy atom. The minimum atomic E-state index is -0.148. The minimum Gasteiger partial charge on any atom is -0.378 e. The van der Waals surface area contributed by atoms with Gasteiger partial charge in [-0.1, -0.05) is 36.4 Å². The van der Waals surface area contributed by atoms with Crippen molar-refractivity contribution in [1.29, 1.82) is 0 Å². The number of halogens is 1. The molecule has 0 saturated heterocycles. The third-order valence-corrected chi connectivity index (χ3v) is 6.94. The first-order valence-electron chi connectivity index (χ1n) is 11.6. The molecule has 0 radical (unpaired) electrons. The first-order valence-corrected chi connectivity index (χ1v) is 11.6. The molecule has 2 heterocycles. The molecule has 3 nitrogen and oxygen atoms in total. The lowest BCUT2D eigenvalue weighted by molar-refractivity contribution is 0.120. The maximum Gasteiger partial charge on any atom is 0.123 e. The van der Waals surface area contributed by atoms with Gasteiger partial charge in [0.05, 0.1) is 13.2 Å². The summed E-state index contributed by atoms with van der Waals surface area (Å²) in [5, 5.41) is 3.67. The second-order valence-electron chi connectivity index (χ2n) is 8.74. The zero-order valence-electron chi connectivity index (χ0n) is 18.2. The summed E-state index contributed by atoms with van der Waals surface area (Å²) in [7, 11) is 0. The van der Waals surface area contributed by atoms with Gasteiger partial charge >= 0.3 is 0 Å². The van der Waals surface area contributed by atoms with Crippen molar-refractivity contribution in [2.45, 2.75) is 38.8 Å². The number of aryl methyl sites for hydroxylation is 1. The molecule has 1 aliphatic rings. The molecular formula is C28H27FN2O. The molecule has 0 saturated carbocycles. The zero-order chi connectivity index (χ0) is 21.5. The Morgan fingerprint density at radius 3 is 2.06 bits per heavy atom. The Morgan fingerprint density at radius 2 is 1.31 bits per heavy atom. The second-order valence-corrected chi connectivity index (χ2v) is 8.74. The maximum absolute atomic E-state index is 13.9. The summed E-state index contributed by atoms with van der Waals surface area (Å²) in [6, 6.07) is 22.4. The van der Waals surface area contributed by atoms with E-state index in [-0.39, 0.29) is 5.82 Å². The molecule has 5 aromatic rings. The van der Waals surface area contributed by atoms with Gasteiger partial charge in [-0.15, -0.1) is 0 Å². The topological polar surface area (TPSA) is 19.1 Å². The van der Waals surface area contributed by atoms with E-state index in [1.165, 1.54) is 45.9 Å². The van der Waals surface area contributed by atoms with Gasteiger partial charge in [0.1, 0.15) is 5.82 Å². The van der Waals surface area contributed by atoms with Crippen LogP contribution in [-0.4, -0.2) is 22.3 Å². The molecule has 6 rings (SSSR count). The number of ether oxygens (including phenoxy) is 1. The first-order chi connectivity index (χ1) is 15.8. The van der Waals surface area contributed by atoms with Gasteiger partial charge in [-0.3, -0.25) is 0 Å². The highest BCUT2D eigenvalue weighted by molar-refractivity contribution is 6.07. The molecule has 1 aliphatic carbocycles. The van der Waals surface area contributed by atoms with Gasteiger partial charge in [-0.05, 0) is 61.6 Å². The normalized spacial score (nSPS) is 13.9. The van der Waals surface area contributed by atoms with Crippen molar-refractivity contribution in [3.05, 3.63) is 83.8 Å². The average molecular weight is 427 g/mol. The molecule has 162 valence electrons. The van der Waals surface area contributed by atoms with Crippen LogP contribution < -0.4 is 0 Å². The lowest BCUT2D eigenvalue weighted by Gasteiger charge is -2.16. The molecule has 32 heavy (non-hydrogen) atoms. The monoisotopic (exact) mass is 426 g/mol. The van der Waals surface area contributed by atoms with Crippen molar-refractivity contribution in [3.63, 3.8) is 0 Å². The van der Waals surface area contributed by atoms with Crippen LogP contribution in [0.15, 0.2) is 66.7 Å². The highest BCUT2D eigenvalue weighted by Crippen LogP contribution is 2.33. The van der Waals surface area contributed by atoms with Crippen molar-refractivity contribution in [1.82, 2.24) is 9.13 Å². The fourth-order valence-corrected chi connectivity index (χ4v) is 5.52. The molecule has 0 bridgehead atoms. The number of rotatable bonds is 6. The zero-order valence-corrected chi connectivity index (χ0v) is 18.2. The predicted octanol–water partition coefficient (Wildman–Crippen LogP) is 6.48. The van der Waals surface area contributed by atoms with Crippen molar-refractivity contribution < 1.29 is 9.13 Å². The van der Waals surface area contributed by atoms with Crippen LogP contribution in [0.25, 0.3) is 32.7 Å². The Bertz CT molecular complexity index is 1370. The molecule has 0 N–H and O–H groups in total. The highest BCUT2D eigenvalue weighted by atomic mass is 19.1. The fourth-order valence-electron chi connectivity index (χ4n) is 5.52. The molecule has 0 aliphatic heterocycles. The van der Waals surface area contributed by atoms with E-state index in [1.807, 2.05) is 6.07 Å². The smallest absolute Gasteiger partial charge is 0.123 e. The van der Waals surface area contributed by atoms with Crippen LogP contribution in [0.1, 0.15) is 24.1 Å². The Labute approximate surface area is 187 Å². The number of nitrogens with zero attached hydrogens (tertiary/aromatic N) is 2. The van der Waals surface area contributed by atoms with E-state index in [9.17, 15) is 4.39 Å². The third kappa shape index (κ3) is 3.21. The van der Waals surface area contributed by atoms with E-state index in [1.54, 1.807) is 12.1 Å². The summed E-state index contributed by atoms with van der Waals surface area (Å²) in [4.78, 5) is 0. The molecule has 0 amide bonds. The third-order valence-electron chi connectivity index (χ3n) is 6.94. The molecule has 0 unspecified atom stereocenters. The predicted molar refractivity (Wildman–Crippen MR) is 129 cm³/mol. The van der Waals surface area contributed by atoms with Crippen LogP contribution in [0, 0.1) is 5.82 Å². The van der Waals surface area contributed by atoms with E-state index < -0.39 is 0 Å². The van der Waals surface area contributed by atoms with Gasteiger partial charge in [-0.25, -0.2) is 4.39 Å². The SMILES string of the molecule is Fc1ccc2c(c1)c1c(n2CCOCCn2c3ccccc3c3ccccc32)CCCC1. The minimum absolute atomic E-state index is 0.148. The Hall–Kier alpha value is -3.11. The van der Waals surface area contributed by atoms with Crippen molar-refractivity contribution in [3.8, 4) is 0 Å². The van der Waals surface area contributed by atoms with Crippen molar-refractivity contribution >= 4 is 32.7 Å². The molecule has 0 atom stereocenters. The van der Waals surface area contributed by atoms with Gasteiger partial charge in [-0.2, -0.15) is 0 Å². The van der Waals surface area contributed by atoms with E-state index in [2.05, 4.69) is 57.7 Å². The summed E-state index contributed by atoms with van der Waals surface area (Å²) in [5.41, 5.74) is 6.37. The van der Waals surface area contributed by atoms with Crippen LogP contribution in [0.3, 0.4) is 0 Å². The van der Waals surface area contributed by atoms with Crippen molar-refractivity contribution in [2.24, 2.45) is 0 Å². The van der Waals surface area contributed by atoms with Crippen LogP contribution in [-0.2, 0) is 30.7 Å². The average Bonchev–Trinajstić information content (AvgIpc) is 3.32. The van der Waals surface area contributed by atoms with Crippen LogP contribution >= 0.6 is 0 Å². The molecular weight excluding hydrogens is 399 g/mol. The van der Waals surface area contributed by atoms with Gasteiger partial charge < -0.3 is 13.9 Å². The quantitative estimate of drug-likeness (QED) is 0.284. The summed E-state index contributed by atoms with van der Waals surface area (Å²) >= 11 is 0. The maximum atomic E-state index is 13.9. The lowest BCUT2D eigenvalue weighted by Crippen LogP contribution is -2.14. The largest absolute Gasteiger partial charge is 0.378 e. The summed E-state index contributed by atoms with van der Waals surface area (Å²) < 4.78 is 24.7. The number of aromatic nitrogens is 2. The van der Waals surface area contributed by atoms with E-state index in [0.717, 1.165) is 36.8 Å². The van der Waals surface area contributed by atoms with Gasteiger partial charge in [0.15, 0.2) is 0 Å². The van der Waals surface area contributed by atoms with Gasteiger partial charge in [0, 0.05) is 51.5 Å². The number of fused-ring (bicyclic) bond motifs is 6.